The fraction of sp³-hybridized carbons (Fsp3) is 0.360. The number of halogens is 2. The summed E-state index contributed by atoms with van der Waals surface area (Å²) in [7, 11) is -2.39. The standard InChI is InChI=1S/C25H30ClFN5O5PS/c1-25(2)12-15-10-21(35-4)20(9-16(15)14-32(25)3)30-24-28-13-18(26)23(31-24)29-19-8-7-17(37-39(27,33)34)11-22(19)36-38(5)6/h7-11,13H,12,14H2,1-6H3,(H2,28,29,30,31). The lowest BCUT2D eigenvalue weighted by molar-refractivity contribution is 0.133. The summed E-state index contributed by atoms with van der Waals surface area (Å²) >= 11 is 6.39. The van der Waals surface area contributed by atoms with Crippen molar-refractivity contribution in [1.29, 1.82) is 0 Å². The summed E-state index contributed by atoms with van der Waals surface area (Å²) in [4.78, 5) is 11.1. The van der Waals surface area contributed by atoms with Crippen molar-refractivity contribution in [1.82, 2.24) is 14.9 Å². The van der Waals surface area contributed by atoms with E-state index < -0.39 is 18.7 Å². The van der Waals surface area contributed by atoms with Crippen molar-refractivity contribution < 1.29 is 25.7 Å². The molecule has 3 aromatic rings. The van der Waals surface area contributed by atoms with Crippen LogP contribution < -0.4 is 24.1 Å². The number of hydrogen-bond donors (Lipinski definition) is 2. The minimum atomic E-state index is -5.19. The summed E-state index contributed by atoms with van der Waals surface area (Å²) in [5.74, 6) is 1.19. The molecule has 0 fully saturated rings. The lowest BCUT2D eigenvalue weighted by Gasteiger charge is -2.41. The Morgan fingerprint density at radius 2 is 1.85 bits per heavy atom. The number of rotatable bonds is 9. The molecule has 10 nitrogen and oxygen atoms in total. The van der Waals surface area contributed by atoms with Crippen molar-refractivity contribution in [2.45, 2.75) is 32.4 Å². The van der Waals surface area contributed by atoms with E-state index in [0.29, 0.717) is 17.1 Å². The quantitative estimate of drug-likeness (QED) is 0.224. The molecular weight excluding hydrogens is 568 g/mol. The van der Waals surface area contributed by atoms with Gasteiger partial charge in [-0.1, -0.05) is 15.5 Å². The van der Waals surface area contributed by atoms with Gasteiger partial charge >= 0.3 is 10.5 Å². The second-order valence-electron chi connectivity index (χ2n) is 9.84. The highest BCUT2D eigenvalue weighted by Crippen LogP contribution is 2.41. The van der Waals surface area contributed by atoms with Crippen LogP contribution in [0.5, 0.6) is 17.2 Å². The monoisotopic (exact) mass is 597 g/mol. The molecule has 0 saturated heterocycles. The maximum Gasteiger partial charge on any atom is 0.488 e. The van der Waals surface area contributed by atoms with Gasteiger partial charge in [-0.2, -0.15) is 13.4 Å². The lowest BCUT2D eigenvalue weighted by atomic mass is 9.85. The van der Waals surface area contributed by atoms with E-state index in [1.54, 1.807) is 7.11 Å². The van der Waals surface area contributed by atoms with Gasteiger partial charge < -0.3 is 24.1 Å². The SMILES string of the molecule is COc1cc2c(cc1Nc1ncc(Cl)c(Nc3ccc(OS(=O)(=O)F)cc3OP(C)C)n1)CN(C)C(C)(C)C2. The van der Waals surface area contributed by atoms with Crippen LogP contribution in [0.1, 0.15) is 25.0 Å². The zero-order valence-corrected chi connectivity index (χ0v) is 24.8. The predicted molar refractivity (Wildman–Crippen MR) is 152 cm³/mol. The zero-order chi connectivity index (χ0) is 28.5. The Bertz CT molecular complexity index is 1490. The Balaban J connectivity index is 1.63. The first-order valence-electron chi connectivity index (χ1n) is 11.8. The number of ether oxygens (including phenoxy) is 1. The number of methoxy groups -OCH3 is 1. The van der Waals surface area contributed by atoms with Crippen LogP contribution in [0.4, 0.5) is 27.0 Å². The Labute approximate surface area is 234 Å². The summed E-state index contributed by atoms with van der Waals surface area (Å²) in [5.41, 5.74) is 3.57. The van der Waals surface area contributed by atoms with Gasteiger partial charge in [-0.05, 0) is 76.0 Å². The molecule has 4 rings (SSSR count). The molecule has 0 spiro atoms. The minimum absolute atomic E-state index is 0.0383. The Morgan fingerprint density at radius 1 is 1.10 bits per heavy atom. The van der Waals surface area contributed by atoms with E-state index >= 15 is 0 Å². The molecule has 0 bridgehead atoms. The van der Waals surface area contributed by atoms with E-state index in [1.807, 2.05) is 25.5 Å². The smallest absolute Gasteiger partial charge is 0.488 e. The lowest BCUT2D eigenvalue weighted by Crippen LogP contribution is -2.45. The van der Waals surface area contributed by atoms with Crippen LogP contribution in [0.15, 0.2) is 36.5 Å². The van der Waals surface area contributed by atoms with Crippen molar-refractivity contribution in [3.8, 4) is 17.2 Å². The summed E-state index contributed by atoms with van der Waals surface area (Å²) in [6.45, 7) is 8.92. The van der Waals surface area contributed by atoms with E-state index in [1.165, 1.54) is 35.5 Å². The number of hydrogen-bond acceptors (Lipinski definition) is 10. The Morgan fingerprint density at radius 3 is 2.51 bits per heavy atom. The van der Waals surface area contributed by atoms with Crippen LogP contribution in [-0.2, 0) is 23.5 Å². The summed E-state index contributed by atoms with van der Waals surface area (Å²) < 4.78 is 50.7. The van der Waals surface area contributed by atoms with E-state index in [-0.39, 0.29) is 33.8 Å². The molecule has 0 aliphatic carbocycles. The molecular formula is C25H30ClFN5O5PS. The largest absolute Gasteiger partial charge is 0.495 e. The number of fused-ring (bicyclic) bond motifs is 1. The van der Waals surface area contributed by atoms with Crippen LogP contribution in [-0.4, -0.2) is 56.3 Å². The van der Waals surface area contributed by atoms with E-state index in [4.69, 9.17) is 20.9 Å². The van der Waals surface area contributed by atoms with Crippen LogP contribution in [0.3, 0.4) is 0 Å². The molecule has 1 aliphatic rings. The number of benzene rings is 2. The van der Waals surface area contributed by atoms with Gasteiger partial charge in [0.15, 0.2) is 5.82 Å². The first kappa shape index (κ1) is 29.1. The van der Waals surface area contributed by atoms with E-state index in [2.05, 4.69) is 50.6 Å². The number of aromatic nitrogens is 2. The summed E-state index contributed by atoms with van der Waals surface area (Å²) in [5, 5.41) is 6.54. The van der Waals surface area contributed by atoms with Crippen molar-refractivity contribution >= 4 is 53.4 Å². The molecule has 2 heterocycles. The highest BCUT2D eigenvalue weighted by molar-refractivity contribution is 7.81. The van der Waals surface area contributed by atoms with Crippen LogP contribution in [0.25, 0.3) is 0 Å². The summed E-state index contributed by atoms with van der Waals surface area (Å²) in [6.07, 6.45) is 2.34. The molecule has 2 N–H and O–H groups in total. The van der Waals surface area contributed by atoms with E-state index in [9.17, 15) is 12.3 Å². The van der Waals surface area contributed by atoms with E-state index in [0.717, 1.165) is 13.0 Å². The Kier molecular flexibility index (Phi) is 8.41. The van der Waals surface area contributed by atoms with Crippen LogP contribution in [0.2, 0.25) is 5.02 Å². The van der Waals surface area contributed by atoms with Gasteiger partial charge in [0.1, 0.15) is 22.3 Å². The fourth-order valence-electron chi connectivity index (χ4n) is 4.12. The molecule has 1 aromatic heterocycles. The molecule has 39 heavy (non-hydrogen) atoms. The average molecular weight is 598 g/mol. The molecule has 2 aromatic carbocycles. The van der Waals surface area contributed by atoms with Crippen molar-refractivity contribution in [3.05, 3.63) is 52.7 Å². The maximum atomic E-state index is 13.0. The first-order chi connectivity index (χ1) is 18.2. The second-order valence-corrected chi connectivity index (χ2v) is 13.0. The van der Waals surface area contributed by atoms with Crippen molar-refractivity contribution in [2.75, 3.05) is 38.1 Å². The molecule has 0 unspecified atom stereocenters. The van der Waals surface area contributed by atoms with Gasteiger partial charge in [0.2, 0.25) is 5.95 Å². The second kappa shape index (κ2) is 11.3. The molecule has 210 valence electrons. The predicted octanol–water partition coefficient (Wildman–Crippen LogP) is 6.02. The van der Waals surface area contributed by atoms with Gasteiger partial charge in [-0.25, -0.2) is 4.98 Å². The highest BCUT2D eigenvalue weighted by Gasteiger charge is 2.31. The first-order valence-corrected chi connectivity index (χ1v) is 15.7. The van der Waals surface area contributed by atoms with Crippen LogP contribution >= 0.6 is 19.7 Å². The van der Waals surface area contributed by atoms with Crippen LogP contribution in [0, 0.1) is 0 Å². The molecule has 0 amide bonds. The highest BCUT2D eigenvalue weighted by atomic mass is 35.5. The third kappa shape index (κ3) is 7.19. The van der Waals surface area contributed by atoms with Crippen molar-refractivity contribution in [2.24, 2.45) is 0 Å². The average Bonchev–Trinajstić information content (AvgIpc) is 2.82. The van der Waals surface area contributed by atoms with Gasteiger partial charge in [-0.15, -0.1) is 0 Å². The zero-order valence-electron chi connectivity index (χ0n) is 22.4. The molecule has 0 atom stereocenters. The fourth-order valence-corrected chi connectivity index (χ4v) is 5.14. The number of likely N-dealkylation sites (N-methyl/N-ethyl adjacent to an activating group) is 1. The Hall–Kier alpha value is -2.92. The molecule has 14 heteroatoms. The topological polar surface area (TPSA) is 115 Å². The van der Waals surface area contributed by atoms with Crippen molar-refractivity contribution in [3.63, 3.8) is 0 Å². The molecule has 0 radical (unpaired) electrons. The van der Waals surface area contributed by atoms with Gasteiger partial charge in [0, 0.05) is 18.2 Å². The normalized spacial score (nSPS) is 15.0. The number of nitrogens with one attached hydrogen (secondary N) is 2. The molecule has 0 saturated carbocycles. The van der Waals surface area contributed by atoms with Gasteiger partial charge in [0.05, 0.1) is 32.8 Å². The van der Waals surface area contributed by atoms with Gasteiger partial charge in [0.25, 0.3) is 0 Å². The summed E-state index contributed by atoms with van der Waals surface area (Å²) in [6, 6.07) is 8.11. The number of anilines is 4. The number of nitrogens with zero attached hydrogens (tertiary/aromatic N) is 3. The minimum Gasteiger partial charge on any atom is -0.495 e. The third-order valence-electron chi connectivity index (χ3n) is 6.26. The van der Waals surface area contributed by atoms with Gasteiger partial charge in [-0.3, -0.25) is 4.90 Å². The third-order valence-corrected chi connectivity index (χ3v) is 7.49. The molecule has 1 aliphatic heterocycles. The maximum absolute atomic E-state index is 13.0.